The van der Waals surface area contributed by atoms with E-state index in [4.69, 9.17) is 34.8 Å². The zero-order valence-corrected chi connectivity index (χ0v) is 18.8. The summed E-state index contributed by atoms with van der Waals surface area (Å²) in [5.41, 5.74) is 1.89. The summed E-state index contributed by atoms with van der Waals surface area (Å²) in [6.45, 7) is 3.07. The van der Waals surface area contributed by atoms with Gasteiger partial charge in [-0.25, -0.2) is 18.4 Å². The van der Waals surface area contributed by atoms with Crippen molar-refractivity contribution in [3.63, 3.8) is 0 Å². The van der Waals surface area contributed by atoms with Crippen molar-refractivity contribution in [2.24, 2.45) is 0 Å². The largest absolute Gasteiger partial charge is 0.311 e. The van der Waals surface area contributed by atoms with Crippen LogP contribution in [0.4, 0.5) is 11.5 Å². The van der Waals surface area contributed by atoms with Gasteiger partial charge in [0, 0.05) is 29.9 Å². The summed E-state index contributed by atoms with van der Waals surface area (Å²) in [5.74, 6) is 0.0830. The molecule has 0 radical (unpaired) electrons. The van der Waals surface area contributed by atoms with Gasteiger partial charge < -0.3 is 5.32 Å². The lowest BCUT2D eigenvalue weighted by atomic mass is 10.0. The van der Waals surface area contributed by atoms with Gasteiger partial charge in [-0.05, 0) is 48.4 Å². The number of hydrogen-bond acceptors (Lipinski definition) is 5. The van der Waals surface area contributed by atoms with Crippen LogP contribution in [0.5, 0.6) is 0 Å². The Labute approximate surface area is 188 Å². The number of sulfonamides is 1. The molecule has 1 amide bonds. The Bertz CT molecular complexity index is 1250. The second-order valence-electron chi connectivity index (χ2n) is 6.25. The molecule has 0 atom stereocenters. The average Bonchev–Trinajstić information content (AvgIpc) is 2.66. The van der Waals surface area contributed by atoms with Crippen molar-refractivity contribution in [2.75, 3.05) is 10.0 Å². The minimum atomic E-state index is -4.09. The summed E-state index contributed by atoms with van der Waals surface area (Å²) < 4.78 is 28.3. The molecule has 3 rings (SSSR count). The monoisotopic (exact) mass is 484 g/mol. The number of rotatable bonds is 5. The van der Waals surface area contributed by atoms with Crippen molar-refractivity contribution < 1.29 is 13.2 Å². The summed E-state index contributed by atoms with van der Waals surface area (Å²) in [5, 5.41) is 2.80. The Balaban J connectivity index is 2.06. The number of halogens is 3. The predicted molar refractivity (Wildman–Crippen MR) is 119 cm³/mol. The van der Waals surface area contributed by atoms with Crippen LogP contribution in [0.2, 0.25) is 15.2 Å². The molecule has 2 heterocycles. The summed E-state index contributed by atoms with van der Waals surface area (Å²) >= 11 is 18.2. The van der Waals surface area contributed by atoms with Crippen LogP contribution in [0.25, 0.3) is 11.1 Å². The third-order valence-electron chi connectivity index (χ3n) is 4.09. The highest BCUT2D eigenvalue weighted by Crippen LogP contribution is 2.35. The molecule has 0 unspecified atom stereocenters. The molecule has 0 aliphatic carbocycles. The number of carbonyl (C=O) groups is 1. The van der Waals surface area contributed by atoms with Crippen molar-refractivity contribution in [1.82, 2.24) is 9.97 Å². The molecule has 3 aromatic rings. The lowest BCUT2D eigenvalue weighted by molar-refractivity contribution is -0.114. The first-order valence-electron chi connectivity index (χ1n) is 8.45. The van der Waals surface area contributed by atoms with Gasteiger partial charge in [0.25, 0.3) is 10.0 Å². The molecule has 11 heteroatoms. The maximum Gasteiger partial charge on any atom is 0.263 e. The molecular formula is C19H15Cl3N4O3S. The van der Waals surface area contributed by atoms with E-state index in [9.17, 15) is 13.2 Å². The minimum Gasteiger partial charge on any atom is -0.311 e. The highest BCUT2D eigenvalue weighted by atomic mass is 35.5. The van der Waals surface area contributed by atoms with E-state index in [-0.39, 0.29) is 31.7 Å². The number of nitrogens with one attached hydrogen (secondary N) is 2. The molecule has 0 aliphatic heterocycles. The molecule has 0 fully saturated rings. The number of benzene rings is 1. The summed E-state index contributed by atoms with van der Waals surface area (Å²) in [6, 6.07) is 7.47. The van der Waals surface area contributed by atoms with Crippen molar-refractivity contribution in [2.45, 2.75) is 18.7 Å². The third kappa shape index (κ3) is 4.84. The molecule has 0 spiro atoms. The number of pyridine rings is 2. The molecule has 30 heavy (non-hydrogen) atoms. The first-order valence-corrected chi connectivity index (χ1v) is 11.1. The molecule has 1 aromatic carbocycles. The third-order valence-corrected chi connectivity index (χ3v) is 6.44. The van der Waals surface area contributed by atoms with Gasteiger partial charge in [0.2, 0.25) is 5.91 Å². The van der Waals surface area contributed by atoms with Crippen LogP contribution in [0.3, 0.4) is 0 Å². The number of carbonyl (C=O) groups excluding carboxylic acids is 1. The Morgan fingerprint density at radius 2 is 1.80 bits per heavy atom. The Morgan fingerprint density at radius 3 is 2.50 bits per heavy atom. The maximum atomic E-state index is 12.9. The molecule has 0 bridgehead atoms. The summed E-state index contributed by atoms with van der Waals surface area (Å²) in [6.07, 6.45) is 3.03. The fourth-order valence-electron chi connectivity index (χ4n) is 2.70. The Hall–Kier alpha value is -2.39. The van der Waals surface area contributed by atoms with Crippen LogP contribution in [-0.2, 0) is 14.8 Å². The quantitative estimate of drug-likeness (QED) is 0.485. The molecule has 7 nitrogen and oxygen atoms in total. The lowest BCUT2D eigenvalue weighted by Crippen LogP contribution is -2.15. The van der Waals surface area contributed by atoms with Gasteiger partial charge in [-0.1, -0.05) is 34.8 Å². The van der Waals surface area contributed by atoms with Crippen LogP contribution in [0, 0.1) is 6.92 Å². The fourth-order valence-corrected chi connectivity index (χ4v) is 4.89. The highest BCUT2D eigenvalue weighted by Gasteiger charge is 2.22. The summed E-state index contributed by atoms with van der Waals surface area (Å²) in [7, 11) is -4.09. The van der Waals surface area contributed by atoms with Crippen LogP contribution in [0.15, 0.2) is 47.6 Å². The molecule has 0 saturated heterocycles. The van der Waals surface area contributed by atoms with Crippen LogP contribution in [0.1, 0.15) is 12.5 Å². The van der Waals surface area contributed by atoms with Gasteiger partial charge in [0.05, 0.1) is 10.7 Å². The SMILES string of the molecule is CC(=O)Nc1cc(-c2cnc(Cl)c(NS(=O)(=O)c3cc(Cl)ccc3Cl)c2C)ccn1. The van der Waals surface area contributed by atoms with Crippen LogP contribution >= 0.6 is 34.8 Å². The molecular weight excluding hydrogens is 471 g/mol. The predicted octanol–water partition coefficient (Wildman–Crippen LogP) is 5.17. The number of amides is 1. The van der Waals surface area contributed by atoms with Crippen molar-refractivity contribution in [3.8, 4) is 11.1 Å². The zero-order chi connectivity index (χ0) is 22.1. The smallest absolute Gasteiger partial charge is 0.263 e. The minimum absolute atomic E-state index is 0.0128. The van der Waals surface area contributed by atoms with Crippen molar-refractivity contribution >= 4 is 62.2 Å². The lowest BCUT2D eigenvalue weighted by Gasteiger charge is -2.16. The van der Waals surface area contributed by atoms with Gasteiger partial charge in [-0.3, -0.25) is 9.52 Å². The number of aromatic nitrogens is 2. The molecule has 156 valence electrons. The molecule has 2 N–H and O–H groups in total. The molecule has 2 aromatic heterocycles. The van der Waals surface area contributed by atoms with Crippen molar-refractivity contribution in [1.29, 1.82) is 0 Å². The second kappa shape index (κ2) is 8.77. The van der Waals surface area contributed by atoms with E-state index < -0.39 is 10.0 Å². The summed E-state index contributed by atoms with van der Waals surface area (Å²) in [4.78, 5) is 19.3. The Kier molecular flexibility index (Phi) is 6.52. The number of anilines is 2. The standard InChI is InChI=1S/C19H15Cl3N4O3S/c1-10-14(12-5-6-23-17(7-12)25-11(2)27)9-24-19(22)18(10)26-30(28,29)16-8-13(20)3-4-15(16)21/h3-9,26H,1-2H3,(H,23,25,27). The maximum absolute atomic E-state index is 12.9. The van der Waals surface area contributed by atoms with E-state index in [1.54, 1.807) is 19.1 Å². The average molecular weight is 486 g/mol. The van der Waals surface area contributed by atoms with E-state index in [1.807, 2.05) is 0 Å². The number of hydrogen-bond donors (Lipinski definition) is 2. The van der Waals surface area contributed by atoms with E-state index >= 15 is 0 Å². The van der Waals surface area contributed by atoms with E-state index in [1.165, 1.54) is 37.5 Å². The van der Waals surface area contributed by atoms with Crippen LogP contribution < -0.4 is 10.0 Å². The first-order chi connectivity index (χ1) is 14.1. The molecule has 0 aliphatic rings. The highest BCUT2D eigenvalue weighted by molar-refractivity contribution is 7.92. The van der Waals surface area contributed by atoms with Gasteiger partial charge in [-0.15, -0.1) is 0 Å². The first kappa shape index (κ1) is 22.3. The molecule has 0 saturated carbocycles. The van der Waals surface area contributed by atoms with Gasteiger partial charge in [0.1, 0.15) is 10.7 Å². The number of nitrogens with zero attached hydrogens (tertiary/aromatic N) is 2. The fraction of sp³-hybridized carbons (Fsp3) is 0.105. The van der Waals surface area contributed by atoms with Crippen LogP contribution in [-0.4, -0.2) is 24.3 Å². The van der Waals surface area contributed by atoms with Gasteiger partial charge in [-0.2, -0.15) is 0 Å². The van der Waals surface area contributed by atoms with E-state index in [0.717, 1.165) is 0 Å². The van der Waals surface area contributed by atoms with E-state index in [0.29, 0.717) is 22.5 Å². The second-order valence-corrected chi connectivity index (χ2v) is 9.11. The van der Waals surface area contributed by atoms with Crippen molar-refractivity contribution in [3.05, 3.63) is 63.5 Å². The zero-order valence-electron chi connectivity index (χ0n) is 15.7. The van der Waals surface area contributed by atoms with E-state index in [2.05, 4.69) is 20.0 Å². The van der Waals surface area contributed by atoms with Gasteiger partial charge >= 0.3 is 0 Å². The topological polar surface area (TPSA) is 101 Å². The van der Waals surface area contributed by atoms with Gasteiger partial charge in [0.15, 0.2) is 5.15 Å². The normalized spacial score (nSPS) is 11.2. The Morgan fingerprint density at radius 1 is 1.07 bits per heavy atom.